The lowest BCUT2D eigenvalue weighted by molar-refractivity contribution is -0.870. The Bertz CT molecular complexity index is 1590. The summed E-state index contributed by atoms with van der Waals surface area (Å²) in [6.07, 6.45) is 33.0. The molecule has 18 heteroatoms. The van der Waals surface area contributed by atoms with Crippen molar-refractivity contribution in [1.82, 2.24) is 0 Å². The maximum absolute atomic E-state index is 12.9. The van der Waals surface area contributed by atoms with Crippen molar-refractivity contribution < 1.29 is 101 Å². The largest absolute Gasteiger partial charge is 1.00 e. The monoisotopic (exact) mass is 1240 g/mol. The Morgan fingerprint density at radius 3 is 1.04 bits per heavy atom. The lowest BCUT2D eigenvalue weighted by atomic mass is 10.0. The summed E-state index contributed by atoms with van der Waals surface area (Å²) in [6.45, 7) is 8.51. The zero-order chi connectivity index (χ0) is 61.1. The zero-order valence-electron chi connectivity index (χ0n) is 54.3. The number of halogens is 2. The summed E-state index contributed by atoms with van der Waals surface area (Å²) in [5, 5.41) is 21.9. The Hall–Kier alpha value is -3.28. The highest BCUT2D eigenvalue weighted by Gasteiger charge is 2.25. The summed E-state index contributed by atoms with van der Waals surface area (Å²) in [4.78, 5) is 75.3. The van der Waals surface area contributed by atoms with Crippen LogP contribution < -0.4 is 24.8 Å². The van der Waals surface area contributed by atoms with Crippen molar-refractivity contribution in [3.05, 3.63) is 24.3 Å². The van der Waals surface area contributed by atoms with Gasteiger partial charge in [-0.2, -0.15) is 0 Å². The minimum atomic E-state index is -0.862. The second kappa shape index (κ2) is 56.2. The van der Waals surface area contributed by atoms with E-state index in [1.807, 2.05) is 54.4 Å². The standard InChI is InChI=1S/C66H122N2O14.2ClH/c1-10-13-16-17-22-31-38-51-66(81-64(75)45-36-29-25-20-18-23-27-34-41-56(69)58(43-32-14-11-2)79-62(73)49-39-47-60(71)77-54-52-67(4,5)6)82-65(76)46-37-30-26-21-19-24-28-35-42-57(70)59(44-33-15-12-3)80-63(74)50-40-48-61(72)78-55-53-68(7,8)9;;/h27-28,34-35,56-59,66,69-70H,10-26,29-33,36-55H2,1-9H3;2*1H/q+2;;/p-2/b34-27-,35-28-;;. The molecule has 0 aromatic heterocycles. The van der Waals surface area contributed by atoms with Crippen molar-refractivity contribution in [3.63, 3.8) is 0 Å². The Kier molecular flexibility index (Phi) is 56.9. The van der Waals surface area contributed by atoms with E-state index in [1.54, 1.807) is 0 Å². The van der Waals surface area contributed by atoms with Crippen molar-refractivity contribution in [2.75, 3.05) is 68.6 Å². The van der Waals surface area contributed by atoms with E-state index in [4.69, 9.17) is 28.4 Å². The van der Waals surface area contributed by atoms with Crippen LogP contribution in [-0.4, -0.2) is 154 Å². The Morgan fingerprint density at radius 1 is 0.357 bits per heavy atom. The molecule has 0 heterocycles. The van der Waals surface area contributed by atoms with E-state index < -0.39 is 42.6 Å². The van der Waals surface area contributed by atoms with E-state index in [0.29, 0.717) is 93.1 Å². The van der Waals surface area contributed by atoms with Gasteiger partial charge in [-0.15, -0.1) is 0 Å². The van der Waals surface area contributed by atoms with Gasteiger partial charge < -0.3 is 72.4 Å². The van der Waals surface area contributed by atoms with Gasteiger partial charge in [0.25, 0.3) is 0 Å². The van der Waals surface area contributed by atoms with Crippen LogP contribution in [0.4, 0.5) is 0 Å². The van der Waals surface area contributed by atoms with Crippen molar-refractivity contribution in [3.8, 4) is 0 Å². The molecule has 2 N–H and O–H groups in total. The fourth-order valence-electron chi connectivity index (χ4n) is 9.03. The van der Waals surface area contributed by atoms with Crippen LogP contribution >= 0.6 is 0 Å². The Morgan fingerprint density at radius 2 is 0.655 bits per heavy atom. The van der Waals surface area contributed by atoms with Crippen molar-refractivity contribution in [2.45, 2.75) is 295 Å². The second-order valence-electron chi connectivity index (χ2n) is 24.7. The molecule has 0 saturated carbocycles. The first-order valence-electron chi connectivity index (χ1n) is 32.6. The minimum absolute atomic E-state index is 0. The highest BCUT2D eigenvalue weighted by Crippen LogP contribution is 2.20. The first-order valence-corrected chi connectivity index (χ1v) is 32.6. The van der Waals surface area contributed by atoms with Gasteiger partial charge in [0, 0.05) is 44.9 Å². The fraction of sp³-hybridized carbons (Fsp3) is 0.848. The van der Waals surface area contributed by atoms with Crippen LogP contribution in [0.2, 0.25) is 0 Å². The molecule has 0 amide bonds. The summed E-state index contributed by atoms with van der Waals surface area (Å²) in [5.41, 5.74) is 0. The van der Waals surface area contributed by atoms with E-state index >= 15 is 0 Å². The molecule has 0 fully saturated rings. The molecule has 0 aromatic rings. The quantitative estimate of drug-likeness (QED) is 0.0152. The molecule has 0 saturated heterocycles. The molecule has 0 aliphatic heterocycles. The summed E-state index contributed by atoms with van der Waals surface area (Å²) < 4.78 is 34.9. The van der Waals surface area contributed by atoms with Crippen LogP contribution in [0.25, 0.3) is 0 Å². The predicted molar refractivity (Wildman–Crippen MR) is 326 cm³/mol. The summed E-state index contributed by atoms with van der Waals surface area (Å²) >= 11 is 0. The zero-order valence-corrected chi connectivity index (χ0v) is 55.9. The molecular formula is C66H122Cl2N2O14. The lowest BCUT2D eigenvalue weighted by Gasteiger charge is -2.23. The van der Waals surface area contributed by atoms with Crippen molar-refractivity contribution in [1.29, 1.82) is 0 Å². The second-order valence-corrected chi connectivity index (χ2v) is 24.7. The van der Waals surface area contributed by atoms with Crippen LogP contribution in [0, 0.1) is 0 Å². The molecule has 0 radical (unpaired) electrons. The maximum atomic E-state index is 12.9. The van der Waals surface area contributed by atoms with Gasteiger partial charge in [0.1, 0.15) is 38.5 Å². The van der Waals surface area contributed by atoms with E-state index in [1.165, 1.54) is 25.7 Å². The van der Waals surface area contributed by atoms with Gasteiger partial charge in [-0.1, -0.05) is 148 Å². The minimum Gasteiger partial charge on any atom is -1.00 e. The number of nitrogens with zero attached hydrogens (tertiary/aromatic N) is 2. The number of carbonyl (C=O) groups excluding carboxylic acids is 6. The third kappa shape index (κ3) is 56.5. The summed E-state index contributed by atoms with van der Waals surface area (Å²) in [7, 11) is 12.2. The molecule has 494 valence electrons. The number of rotatable bonds is 56. The topological polar surface area (TPSA) is 198 Å². The fourth-order valence-corrected chi connectivity index (χ4v) is 9.03. The van der Waals surface area contributed by atoms with Gasteiger partial charge in [0.05, 0.1) is 54.5 Å². The number of ether oxygens (including phenoxy) is 6. The van der Waals surface area contributed by atoms with Gasteiger partial charge in [-0.25, -0.2) is 0 Å². The first-order chi connectivity index (χ1) is 39.2. The molecule has 0 aliphatic carbocycles. The van der Waals surface area contributed by atoms with E-state index in [9.17, 15) is 39.0 Å². The number of esters is 6. The van der Waals surface area contributed by atoms with E-state index in [0.717, 1.165) is 122 Å². The third-order valence-corrected chi connectivity index (χ3v) is 14.3. The van der Waals surface area contributed by atoms with Gasteiger partial charge in [-0.05, 0) is 96.3 Å². The predicted octanol–water partition coefficient (Wildman–Crippen LogP) is 7.45. The molecule has 0 spiro atoms. The lowest BCUT2D eigenvalue weighted by Crippen LogP contribution is -3.00. The molecule has 4 unspecified atom stereocenters. The average Bonchev–Trinajstić information content (AvgIpc) is 3.42. The number of likely N-dealkylation sites (N-methyl/N-ethyl adjacent to an activating group) is 2. The number of aliphatic hydroxyl groups excluding tert-OH is 2. The third-order valence-electron chi connectivity index (χ3n) is 14.3. The van der Waals surface area contributed by atoms with Crippen LogP contribution in [0.3, 0.4) is 0 Å². The number of unbranched alkanes of at least 4 members (excludes halogenated alkanes) is 20. The number of hydrogen-bond acceptors (Lipinski definition) is 14. The highest BCUT2D eigenvalue weighted by molar-refractivity contribution is 5.73. The maximum Gasteiger partial charge on any atom is 0.308 e. The van der Waals surface area contributed by atoms with Crippen LogP contribution in [-0.2, 0) is 57.2 Å². The molecule has 0 aromatic carbocycles. The van der Waals surface area contributed by atoms with E-state index in [2.05, 4.69) is 32.9 Å². The molecular weight excluding hydrogens is 1120 g/mol. The van der Waals surface area contributed by atoms with Crippen LogP contribution in [0.5, 0.6) is 0 Å². The molecule has 0 rings (SSSR count). The summed E-state index contributed by atoms with van der Waals surface area (Å²) in [5.74, 6) is -2.12. The Balaban J connectivity index is -0.0000328. The molecule has 4 atom stereocenters. The van der Waals surface area contributed by atoms with Gasteiger partial charge in [-0.3, -0.25) is 28.8 Å². The number of quaternary nitrogens is 2. The Labute approximate surface area is 523 Å². The summed E-state index contributed by atoms with van der Waals surface area (Å²) in [6, 6.07) is 0. The van der Waals surface area contributed by atoms with Crippen molar-refractivity contribution >= 4 is 35.8 Å². The molecule has 16 nitrogen and oxygen atoms in total. The number of allylic oxidation sites excluding steroid dienone is 2. The molecule has 84 heavy (non-hydrogen) atoms. The highest BCUT2D eigenvalue weighted by atomic mass is 35.5. The number of aliphatic hydroxyl groups is 2. The normalized spacial score (nSPS) is 13.5. The van der Waals surface area contributed by atoms with Crippen molar-refractivity contribution in [2.24, 2.45) is 0 Å². The number of carbonyl (C=O) groups is 6. The van der Waals surface area contributed by atoms with Crippen LogP contribution in [0.15, 0.2) is 24.3 Å². The number of hydrogen-bond donors (Lipinski definition) is 2. The average molecular weight is 1240 g/mol. The van der Waals surface area contributed by atoms with Gasteiger partial charge in [0.15, 0.2) is 0 Å². The smallest absolute Gasteiger partial charge is 0.308 e. The molecule has 0 aliphatic rings. The van der Waals surface area contributed by atoms with Gasteiger partial charge >= 0.3 is 35.8 Å². The first kappa shape index (κ1) is 84.9. The van der Waals surface area contributed by atoms with Gasteiger partial charge in [0.2, 0.25) is 6.29 Å². The van der Waals surface area contributed by atoms with E-state index in [-0.39, 0.29) is 87.2 Å². The SMILES string of the molecule is CCCCCCCCCC(OC(=O)CCCCCCC/C=C\CC(O)C(CCCCC)OC(=O)CCCC(=O)OCC[N+](C)(C)C)OC(=O)CCCCCCC/C=C\CC(O)C(CCCCC)OC(=O)CCCC(=O)OCC[N+](C)(C)C.[Cl-].[Cl-]. The molecule has 0 bridgehead atoms. The van der Waals surface area contributed by atoms with Crippen LogP contribution in [0.1, 0.15) is 265 Å².